The molecule has 0 bridgehead atoms. The van der Waals surface area contributed by atoms with Gasteiger partial charge >= 0.3 is 11.9 Å². The number of nitrogens with zero attached hydrogens (tertiary/aromatic N) is 5. The van der Waals surface area contributed by atoms with Crippen molar-refractivity contribution in [3.63, 3.8) is 0 Å². The fourth-order valence-electron chi connectivity index (χ4n) is 3.27. The Morgan fingerprint density at radius 1 is 1.13 bits per heavy atom. The number of halogens is 4. The molecular weight excluding hydrogens is 421 g/mol. The first-order valence-electron chi connectivity index (χ1n) is 9.02. The van der Waals surface area contributed by atoms with Crippen molar-refractivity contribution in [1.29, 1.82) is 0 Å². The van der Waals surface area contributed by atoms with Crippen molar-refractivity contribution >= 4 is 22.8 Å². The molecule has 1 N–H and O–H groups in total. The van der Waals surface area contributed by atoms with Crippen molar-refractivity contribution in [2.45, 2.75) is 26.1 Å². The maximum atomic E-state index is 12.9. The average Bonchev–Trinajstić information content (AvgIpc) is 3.22. The van der Waals surface area contributed by atoms with Gasteiger partial charge in [0, 0.05) is 18.8 Å². The molecule has 4 rings (SSSR count). The van der Waals surface area contributed by atoms with Crippen LogP contribution in [-0.4, -0.2) is 29.1 Å². The van der Waals surface area contributed by atoms with Crippen LogP contribution < -0.4 is 5.69 Å². The van der Waals surface area contributed by atoms with Crippen molar-refractivity contribution in [3.8, 4) is 11.4 Å². The molecule has 7 nitrogen and oxygen atoms in total. The van der Waals surface area contributed by atoms with E-state index in [1.807, 2.05) is 6.92 Å². The lowest BCUT2D eigenvalue weighted by Gasteiger charge is -2.06. The third-order valence-electron chi connectivity index (χ3n) is 4.72. The Bertz CT molecular complexity index is 1290. The minimum Gasteiger partial charge on any atom is -0.333 e. The summed E-state index contributed by atoms with van der Waals surface area (Å²) < 4.78 is 41.4. The van der Waals surface area contributed by atoms with Gasteiger partial charge in [-0.3, -0.25) is 4.57 Å². The van der Waals surface area contributed by atoms with Crippen molar-refractivity contribution in [3.05, 3.63) is 63.2 Å². The van der Waals surface area contributed by atoms with Gasteiger partial charge in [0.1, 0.15) is 11.3 Å². The van der Waals surface area contributed by atoms with Crippen LogP contribution in [0.5, 0.6) is 0 Å². The van der Waals surface area contributed by atoms with Crippen LogP contribution >= 0.6 is 11.6 Å². The Morgan fingerprint density at radius 2 is 1.83 bits per heavy atom. The van der Waals surface area contributed by atoms with E-state index in [9.17, 15) is 18.0 Å². The molecule has 0 aliphatic heterocycles. The number of nitrogens with one attached hydrogen (secondary N) is 1. The van der Waals surface area contributed by atoms with Crippen LogP contribution in [-0.2, 0) is 26.2 Å². The van der Waals surface area contributed by atoms with E-state index < -0.39 is 11.9 Å². The number of alkyl halides is 3. The first-order valence-corrected chi connectivity index (χ1v) is 9.40. The predicted octanol–water partition coefficient (Wildman–Crippen LogP) is 3.80. The number of hydrogen-bond acceptors (Lipinski definition) is 4. The first kappa shape index (κ1) is 20.1. The van der Waals surface area contributed by atoms with Crippen molar-refractivity contribution in [2.24, 2.45) is 7.05 Å². The van der Waals surface area contributed by atoms with Crippen LogP contribution in [0, 0.1) is 0 Å². The smallest absolute Gasteiger partial charge is 0.333 e. The summed E-state index contributed by atoms with van der Waals surface area (Å²) in [4.78, 5) is 27.2. The van der Waals surface area contributed by atoms with Crippen LogP contribution in [0.15, 0.2) is 35.3 Å². The molecule has 0 radical (unpaired) electrons. The summed E-state index contributed by atoms with van der Waals surface area (Å²) in [5.74, 6) is 0.199. The van der Waals surface area contributed by atoms with E-state index in [2.05, 4.69) is 19.9 Å². The molecule has 0 unspecified atom stereocenters. The van der Waals surface area contributed by atoms with Crippen molar-refractivity contribution < 1.29 is 13.2 Å². The van der Waals surface area contributed by atoms with Gasteiger partial charge < -0.3 is 9.55 Å². The SMILES string of the molecule is CCc1nc(Cl)nc2c1[nH]c(=O)n2Cc1ccc(-c2nc(C(F)(F)F)cn2C)cc1. The van der Waals surface area contributed by atoms with Crippen molar-refractivity contribution in [2.75, 3.05) is 0 Å². The molecule has 0 atom stereocenters. The third-order valence-corrected chi connectivity index (χ3v) is 4.89. The molecule has 30 heavy (non-hydrogen) atoms. The number of aromatic amines is 1. The Labute approximate surface area is 173 Å². The number of aryl methyl sites for hydroxylation is 2. The number of fused-ring (bicyclic) bond motifs is 1. The molecule has 0 spiro atoms. The monoisotopic (exact) mass is 436 g/mol. The van der Waals surface area contributed by atoms with Gasteiger partial charge in [0.15, 0.2) is 11.3 Å². The quantitative estimate of drug-likeness (QED) is 0.493. The Kier molecular flexibility index (Phi) is 4.89. The zero-order valence-electron chi connectivity index (χ0n) is 16.0. The summed E-state index contributed by atoms with van der Waals surface area (Å²) in [7, 11) is 1.51. The fraction of sp³-hybridized carbons (Fsp3) is 0.263. The van der Waals surface area contributed by atoms with E-state index >= 15 is 0 Å². The minimum atomic E-state index is -4.51. The summed E-state index contributed by atoms with van der Waals surface area (Å²) in [5.41, 5.74) is 1.58. The van der Waals surface area contributed by atoms with Crippen LogP contribution in [0.3, 0.4) is 0 Å². The highest BCUT2D eigenvalue weighted by Crippen LogP contribution is 2.30. The third kappa shape index (κ3) is 3.58. The normalized spacial score (nSPS) is 12.1. The molecule has 11 heteroatoms. The number of aromatic nitrogens is 6. The summed E-state index contributed by atoms with van der Waals surface area (Å²) >= 11 is 5.98. The number of benzene rings is 1. The second kappa shape index (κ2) is 7.28. The van der Waals surface area contributed by atoms with Gasteiger partial charge in [0.2, 0.25) is 5.28 Å². The fourth-order valence-corrected chi connectivity index (χ4v) is 3.46. The largest absolute Gasteiger partial charge is 0.434 e. The molecule has 1 aromatic carbocycles. The Balaban J connectivity index is 1.67. The van der Waals surface area contributed by atoms with Gasteiger partial charge in [-0.05, 0) is 23.6 Å². The standard InChI is InChI=1S/C19H16ClF3N6O/c1-3-12-14-16(27-17(20)24-12)29(18(30)26-14)8-10-4-6-11(7-5-10)15-25-13(9-28(15)2)19(21,22)23/h4-7,9H,3,8H2,1-2H3,(H,26,30). The highest BCUT2D eigenvalue weighted by Gasteiger charge is 2.34. The molecule has 0 aliphatic rings. The molecule has 0 amide bonds. The number of hydrogen-bond donors (Lipinski definition) is 1. The van der Waals surface area contributed by atoms with Gasteiger partial charge in [-0.1, -0.05) is 31.2 Å². The van der Waals surface area contributed by atoms with Gasteiger partial charge in [-0.15, -0.1) is 0 Å². The van der Waals surface area contributed by atoms with Gasteiger partial charge in [-0.2, -0.15) is 18.2 Å². The topological polar surface area (TPSA) is 81.4 Å². The summed E-state index contributed by atoms with van der Waals surface area (Å²) in [6, 6.07) is 6.78. The van der Waals surface area contributed by atoms with E-state index in [1.165, 1.54) is 16.2 Å². The first-order chi connectivity index (χ1) is 14.2. The van der Waals surface area contributed by atoms with E-state index in [4.69, 9.17) is 11.6 Å². The zero-order chi connectivity index (χ0) is 21.6. The second-order valence-electron chi connectivity index (χ2n) is 6.76. The minimum absolute atomic E-state index is 0.0534. The summed E-state index contributed by atoms with van der Waals surface area (Å²) in [6.45, 7) is 2.11. The predicted molar refractivity (Wildman–Crippen MR) is 105 cm³/mol. The lowest BCUT2D eigenvalue weighted by atomic mass is 10.1. The van der Waals surface area contributed by atoms with Crippen LogP contribution in [0.1, 0.15) is 23.9 Å². The molecule has 0 fully saturated rings. The lowest BCUT2D eigenvalue weighted by molar-refractivity contribution is -0.140. The number of imidazole rings is 2. The van der Waals surface area contributed by atoms with Gasteiger partial charge in [-0.25, -0.2) is 14.8 Å². The maximum Gasteiger partial charge on any atom is 0.434 e. The van der Waals surface area contributed by atoms with Crippen molar-refractivity contribution in [1.82, 2.24) is 29.1 Å². The highest BCUT2D eigenvalue weighted by molar-refractivity contribution is 6.28. The zero-order valence-corrected chi connectivity index (χ0v) is 16.7. The van der Waals surface area contributed by atoms with E-state index in [0.29, 0.717) is 28.8 Å². The van der Waals surface area contributed by atoms with E-state index in [1.54, 1.807) is 24.3 Å². The molecule has 4 aromatic rings. The molecule has 3 heterocycles. The summed E-state index contributed by atoms with van der Waals surface area (Å²) in [5, 5.41) is 0.0534. The Hall–Kier alpha value is -3.14. The van der Waals surface area contributed by atoms with E-state index in [0.717, 1.165) is 11.8 Å². The molecule has 156 valence electrons. The van der Waals surface area contributed by atoms with Gasteiger partial charge in [0.05, 0.1) is 12.2 Å². The summed E-state index contributed by atoms with van der Waals surface area (Å²) in [6.07, 6.45) is -2.98. The van der Waals surface area contributed by atoms with Gasteiger partial charge in [0.25, 0.3) is 0 Å². The highest BCUT2D eigenvalue weighted by atomic mass is 35.5. The second-order valence-corrected chi connectivity index (χ2v) is 7.10. The molecule has 3 aromatic heterocycles. The molecular formula is C19H16ClF3N6O. The average molecular weight is 437 g/mol. The van der Waals surface area contributed by atoms with Crippen LogP contribution in [0.4, 0.5) is 13.2 Å². The van der Waals surface area contributed by atoms with Crippen LogP contribution in [0.25, 0.3) is 22.6 Å². The maximum absolute atomic E-state index is 12.9. The number of rotatable bonds is 4. The van der Waals surface area contributed by atoms with E-state index in [-0.39, 0.29) is 23.3 Å². The molecule has 0 saturated heterocycles. The molecule has 0 saturated carbocycles. The number of H-pyrrole nitrogens is 1. The van der Waals surface area contributed by atoms with Crippen LogP contribution in [0.2, 0.25) is 5.28 Å². The molecule has 0 aliphatic carbocycles. The Morgan fingerprint density at radius 3 is 2.43 bits per heavy atom. The lowest BCUT2D eigenvalue weighted by Crippen LogP contribution is -2.17.